The van der Waals surface area contributed by atoms with E-state index >= 15 is 0 Å². The Labute approximate surface area is 197 Å². The van der Waals surface area contributed by atoms with Crippen molar-refractivity contribution in [3.05, 3.63) is 76.8 Å². The Bertz CT molecular complexity index is 1060. The second kappa shape index (κ2) is 11.7. The summed E-state index contributed by atoms with van der Waals surface area (Å²) in [6.07, 6.45) is 1.90. The summed E-state index contributed by atoms with van der Waals surface area (Å²) in [5.41, 5.74) is 0.936. The number of carbonyl (C=O) groups is 2. The highest BCUT2D eigenvalue weighted by Gasteiger charge is 2.26. The van der Waals surface area contributed by atoms with Crippen LogP contribution in [0.15, 0.2) is 71.2 Å². The van der Waals surface area contributed by atoms with Crippen molar-refractivity contribution < 1.29 is 14.3 Å². The highest BCUT2D eigenvalue weighted by Crippen LogP contribution is 2.25. The van der Waals surface area contributed by atoms with Crippen LogP contribution in [0.4, 0.5) is 0 Å². The van der Waals surface area contributed by atoms with E-state index in [1.807, 2.05) is 66.7 Å². The van der Waals surface area contributed by atoms with E-state index in [0.29, 0.717) is 18.8 Å². The molecule has 0 saturated heterocycles. The molecule has 0 aromatic heterocycles. The summed E-state index contributed by atoms with van der Waals surface area (Å²) in [7, 11) is 0. The fraction of sp³-hybridized carbons (Fsp3) is 0.308. The van der Waals surface area contributed by atoms with Gasteiger partial charge in [0, 0.05) is 22.9 Å². The van der Waals surface area contributed by atoms with E-state index in [-0.39, 0.29) is 18.4 Å². The molecule has 1 N–H and O–H groups in total. The number of benzene rings is 3. The predicted molar refractivity (Wildman–Crippen MR) is 132 cm³/mol. The van der Waals surface area contributed by atoms with E-state index in [2.05, 4.69) is 28.2 Å². The molecule has 1 unspecified atom stereocenters. The highest BCUT2D eigenvalue weighted by molar-refractivity contribution is 9.10. The Morgan fingerprint density at radius 2 is 1.81 bits per heavy atom. The third-order valence-corrected chi connectivity index (χ3v) is 5.83. The van der Waals surface area contributed by atoms with E-state index in [1.165, 1.54) is 0 Å². The minimum Gasteiger partial charge on any atom is -0.483 e. The largest absolute Gasteiger partial charge is 0.483 e. The van der Waals surface area contributed by atoms with Crippen molar-refractivity contribution in [2.75, 3.05) is 13.2 Å². The van der Waals surface area contributed by atoms with Crippen molar-refractivity contribution >= 4 is 38.5 Å². The van der Waals surface area contributed by atoms with Crippen molar-refractivity contribution in [1.29, 1.82) is 0 Å². The summed E-state index contributed by atoms with van der Waals surface area (Å²) in [6, 6.07) is 20.8. The molecule has 0 saturated carbocycles. The third kappa shape index (κ3) is 6.33. The van der Waals surface area contributed by atoms with Crippen LogP contribution < -0.4 is 10.1 Å². The number of rotatable bonds is 10. The van der Waals surface area contributed by atoms with Crippen molar-refractivity contribution in [3.8, 4) is 5.75 Å². The van der Waals surface area contributed by atoms with Gasteiger partial charge in [-0.05, 0) is 42.5 Å². The van der Waals surface area contributed by atoms with Gasteiger partial charge < -0.3 is 15.0 Å². The lowest BCUT2D eigenvalue weighted by Gasteiger charge is -2.29. The molecular weight excluding hydrogens is 468 g/mol. The van der Waals surface area contributed by atoms with Crippen LogP contribution in [-0.4, -0.2) is 35.9 Å². The Kier molecular flexibility index (Phi) is 8.68. The molecule has 0 aliphatic heterocycles. The van der Waals surface area contributed by atoms with Crippen LogP contribution in [0.2, 0.25) is 0 Å². The average molecular weight is 497 g/mol. The lowest BCUT2D eigenvalue weighted by atomic mass is 10.1. The molecule has 168 valence electrons. The molecule has 2 amide bonds. The van der Waals surface area contributed by atoms with Gasteiger partial charge in [0.25, 0.3) is 5.91 Å². The summed E-state index contributed by atoms with van der Waals surface area (Å²) in [6.45, 7) is 4.61. The number of nitrogens with zero attached hydrogens (tertiary/aromatic N) is 1. The number of nitrogens with one attached hydrogen (secondary N) is 1. The first-order chi connectivity index (χ1) is 15.5. The fourth-order valence-corrected chi connectivity index (χ4v) is 3.94. The molecule has 3 aromatic rings. The number of carbonyl (C=O) groups excluding carboxylic acids is 2. The molecule has 0 aliphatic rings. The SMILES string of the molecule is CCCCNC(=O)C(C)N(Cc1cccc(Br)c1)C(=O)COc1cccc2ccccc12. The molecule has 0 heterocycles. The van der Waals surface area contributed by atoms with Gasteiger partial charge in [-0.2, -0.15) is 0 Å². The van der Waals surface area contributed by atoms with Gasteiger partial charge in [0.2, 0.25) is 5.91 Å². The first-order valence-electron chi connectivity index (χ1n) is 10.9. The number of halogens is 1. The summed E-state index contributed by atoms with van der Waals surface area (Å²) >= 11 is 3.47. The van der Waals surface area contributed by atoms with E-state index in [9.17, 15) is 9.59 Å². The molecule has 5 nitrogen and oxygen atoms in total. The Morgan fingerprint density at radius 3 is 2.59 bits per heavy atom. The summed E-state index contributed by atoms with van der Waals surface area (Å²) in [5, 5.41) is 4.93. The van der Waals surface area contributed by atoms with Gasteiger partial charge in [0.1, 0.15) is 11.8 Å². The maximum atomic E-state index is 13.2. The highest BCUT2D eigenvalue weighted by atomic mass is 79.9. The molecule has 1 atom stereocenters. The standard InChI is InChI=1S/C26H29BrN2O3/c1-3-4-15-28-26(31)19(2)29(17-20-9-7-12-22(27)16-20)25(30)18-32-24-14-8-11-21-10-5-6-13-23(21)24/h5-14,16,19H,3-4,15,17-18H2,1-2H3,(H,28,31). The minimum atomic E-state index is -0.616. The molecule has 3 rings (SSSR count). The third-order valence-electron chi connectivity index (χ3n) is 5.34. The average Bonchev–Trinajstić information content (AvgIpc) is 2.80. The van der Waals surface area contributed by atoms with Crippen molar-refractivity contribution in [3.63, 3.8) is 0 Å². The number of hydrogen-bond acceptors (Lipinski definition) is 3. The van der Waals surface area contributed by atoms with E-state index in [0.717, 1.165) is 33.7 Å². The number of amides is 2. The second-order valence-corrected chi connectivity index (χ2v) is 8.65. The van der Waals surface area contributed by atoms with Crippen LogP contribution in [-0.2, 0) is 16.1 Å². The van der Waals surface area contributed by atoms with Gasteiger partial charge in [-0.15, -0.1) is 0 Å². The molecule has 3 aromatic carbocycles. The van der Waals surface area contributed by atoms with Crippen molar-refractivity contribution in [2.45, 2.75) is 39.3 Å². The Morgan fingerprint density at radius 1 is 1.06 bits per heavy atom. The van der Waals surface area contributed by atoms with Crippen LogP contribution >= 0.6 is 15.9 Å². The smallest absolute Gasteiger partial charge is 0.261 e. The van der Waals surface area contributed by atoms with Gasteiger partial charge >= 0.3 is 0 Å². The monoisotopic (exact) mass is 496 g/mol. The zero-order chi connectivity index (χ0) is 22.9. The maximum absolute atomic E-state index is 13.2. The summed E-state index contributed by atoms with van der Waals surface area (Å²) in [4.78, 5) is 27.5. The molecule has 0 spiro atoms. The molecule has 32 heavy (non-hydrogen) atoms. The summed E-state index contributed by atoms with van der Waals surface area (Å²) < 4.78 is 6.85. The number of ether oxygens (including phenoxy) is 1. The number of unbranched alkanes of at least 4 members (excludes halogenated alkanes) is 1. The molecule has 0 radical (unpaired) electrons. The second-order valence-electron chi connectivity index (χ2n) is 7.74. The molecule has 0 aliphatic carbocycles. The molecule has 6 heteroatoms. The van der Waals surface area contributed by atoms with E-state index in [1.54, 1.807) is 11.8 Å². The topological polar surface area (TPSA) is 58.6 Å². The zero-order valence-corrected chi connectivity index (χ0v) is 20.1. The first kappa shape index (κ1) is 23.8. The Balaban J connectivity index is 1.76. The number of fused-ring (bicyclic) bond motifs is 1. The maximum Gasteiger partial charge on any atom is 0.261 e. The fourth-order valence-electron chi connectivity index (χ4n) is 3.49. The van der Waals surface area contributed by atoms with Gasteiger partial charge in [0.15, 0.2) is 6.61 Å². The first-order valence-corrected chi connectivity index (χ1v) is 11.7. The van der Waals surface area contributed by atoms with E-state index in [4.69, 9.17) is 4.74 Å². The zero-order valence-electron chi connectivity index (χ0n) is 18.5. The van der Waals surface area contributed by atoms with Crippen LogP contribution in [0.1, 0.15) is 32.3 Å². The number of hydrogen-bond donors (Lipinski definition) is 1. The molecular formula is C26H29BrN2O3. The van der Waals surface area contributed by atoms with E-state index < -0.39 is 6.04 Å². The van der Waals surface area contributed by atoms with Crippen LogP contribution in [0, 0.1) is 0 Å². The van der Waals surface area contributed by atoms with Crippen LogP contribution in [0.3, 0.4) is 0 Å². The predicted octanol–water partition coefficient (Wildman–Crippen LogP) is 5.31. The summed E-state index contributed by atoms with van der Waals surface area (Å²) in [5.74, 6) is 0.252. The Hall–Kier alpha value is -2.86. The van der Waals surface area contributed by atoms with Gasteiger partial charge in [-0.3, -0.25) is 9.59 Å². The lowest BCUT2D eigenvalue weighted by molar-refractivity contribution is -0.142. The van der Waals surface area contributed by atoms with Crippen LogP contribution in [0.25, 0.3) is 10.8 Å². The van der Waals surface area contributed by atoms with Crippen LogP contribution in [0.5, 0.6) is 5.75 Å². The molecule has 0 bridgehead atoms. The normalized spacial score (nSPS) is 11.7. The van der Waals surface area contributed by atoms with Gasteiger partial charge in [-0.25, -0.2) is 0 Å². The van der Waals surface area contributed by atoms with Crippen molar-refractivity contribution in [1.82, 2.24) is 10.2 Å². The van der Waals surface area contributed by atoms with Gasteiger partial charge in [0.05, 0.1) is 0 Å². The van der Waals surface area contributed by atoms with Gasteiger partial charge in [-0.1, -0.05) is 77.8 Å². The van der Waals surface area contributed by atoms with Crippen molar-refractivity contribution in [2.24, 2.45) is 0 Å². The minimum absolute atomic E-state index is 0.144. The molecule has 0 fully saturated rings. The quantitative estimate of drug-likeness (QED) is 0.386. The lowest BCUT2D eigenvalue weighted by Crippen LogP contribution is -2.49.